The van der Waals surface area contributed by atoms with Gasteiger partial charge < -0.3 is 20.3 Å². The third-order valence-electron chi connectivity index (χ3n) is 4.46. The minimum absolute atomic E-state index is 0.0205. The van der Waals surface area contributed by atoms with Crippen LogP contribution in [0.25, 0.3) is 6.08 Å². The van der Waals surface area contributed by atoms with Crippen LogP contribution >= 0.6 is 11.6 Å². The molecule has 1 aliphatic heterocycles. The molecular weight excluding hydrogens is 378 g/mol. The highest BCUT2D eigenvalue weighted by molar-refractivity contribution is 6.33. The third kappa shape index (κ3) is 5.27. The summed E-state index contributed by atoms with van der Waals surface area (Å²) in [6.07, 6.45) is 3.34. The molecule has 0 aromatic heterocycles. The van der Waals surface area contributed by atoms with Gasteiger partial charge >= 0.3 is 0 Å². The topological polar surface area (TPSA) is 75.9 Å². The summed E-state index contributed by atoms with van der Waals surface area (Å²) in [7, 11) is 0. The second kappa shape index (κ2) is 9.28. The Balaban J connectivity index is 1.51. The number of carbonyl (C=O) groups is 2. The predicted octanol–water partition coefficient (Wildman–Crippen LogP) is 2.57. The summed E-state index contributed by atoms with van der Waals surface area (Å²) in [5.74, 6) is 0.00929. The smallest absolute Gasteiger partial charge is 0.255 e. The minimum Gasteiger partial charge on any atom is -0.484 e. The Bertz CT molecular complexity index is 859. The molecule has 6 nitrogen and oxygen atoms in total. The van der Waals surface area contributed by atoms with Crippen molar-refractivity contribution >= 4 is 35.2 Å². The first-order valence-electron chi connectivity index (χ1n) is 9.00. The summed E-state index contributed by atoms with van der Waals surface area (Å²) < 4.78 is 5.21. The van der Waals surface area contributed by atoms with Crippen molar-refractivity contribution in [3.63, 3.8) is 0 Å². The standard InChI is InChI=1S/C21H22ClN3O3/c22-18-3-1-2-4-19(18)24-11-13-25(14-12-24)21(27)10-7-16-5-8-17(9-6-16)28-15-20(23)26/h1-10H,11-15H2,(H2,23,26)/b10-7+. The van der Waals surface area contributed by atoms with Gasteiger partial charge in [0.2, 0.25) is 5.91 Å². The molecule has 1 aliphatic rings. The van der Waals surface area contributed by atoms with Crippen LogP contribution in [0.4, 0.5) is 5.69 Å². The average molecular weight is 400 g/mol. The van der Waals surface area contributed by atoms with Crippen molar-refractivity contribution in [2.75, 3.05) is 37.7 Å². The van der Waals surface area contributed by atoms with Crippen molar-refractivity contribution < 1.29 is 14.3 Å². The SMILES string of the molecule is NC(=O)COc1ccc(/C=C/C(=O)N2CCN(c3ccccc3Cl)CC2)cc1. The summed E-state index contributed by atoms with van der Waals surface area (Å²) in [6.45, 7) is 2.63. The number of ether oxygens (including phenoxy) is 1. The summed E-state index contributed by atoms with van der Waals surface area (Å²) in [5.41, 5.74) is 6.92. The van der Waals surface area contributed by atoms with Gasteiger partial charge in [-0.25, -0.2) is 0 Å². The average Bonchev–Trinajstić information content (AvgIpc) is 2.72. The van der Waals surface area contributed by atoms with E-state index in [-0.39, 0.29) is 12.5 Å². The fourth-order valence-corrected chi connectivity index (χ4v) is 3.23. The number of rotatable bonds is 6. The Morgan fingerprint density at radius 3 is 2.36 bits per heavy atom. The van der Waals surface area contributed by atoms with Crippen LogP contribution in [0.1, 0.15) is 5.56 Å². The van der Waals surface area contributed by atoms with Crippen LogP contribution < -0.4 is 15.4 Å². The number of anilines is 1. The quantitative estimate of drug-likeness (QED) is 0.757. The van der Waals surface area contributed by atoms with Crippen LogP contribution in [0, 0.1) is 0 Å². The van der Waals surface area contributed by atoms with E-state index in [1.807, 2.05) is 41.3 Å². The first-order valence-corrected chi connectivity index (χ1v) is 9.38. The van der Waals surface area contributed by atoms with Crippen molar-refractivity contribution in [1.82, 2.24) is 4.90 Å². The molecule has 28 heavy (non-hydrogen) atoms. The van der Waals surface area contributed by atoms with E-state index >= 15 is 0 Å². The van der Waals surface area contributed by atoms with E-state index in [2.05, 4.69) is 4.90 Å². The molecule has 146 valence electrons. The van der Waals surface area contributed by atoms with Crippen LogP contribution in [0.2, 0.25) is 5.02 Å². The summed E-state index contributed by atoms with van der Waals surface area (Å²) in [5, 5.41) is 0.727. The van der Waals surface area contributed by atoms with Crippen molar-refractivity contribution in [2.24, 2.45) is 5.73 Å². The Kier molecular flexibility index (Phi) is 6.55. The van der Waals surface area contributed by atoms with E-state index in [9.17, 15) is 9.59 Å². The highest BCUT2D eigenvalue weighted by atomic mass is 35.5. The molecule has 2 N–H and O–H groups in total. The number of piperazine rings is 1. The van der Waals surface area contributed by atoms with Gasteiger partial charge in [-0.1, -0.05) is 35.9 Å². The van der Waals surface area contributed by atoms with Crippen LogP contribution in [0.5, 0.6) is 5.75 Å². The molecule has 2 amide bonds. The van der Waals surface area contributed by atoms with E-state index in [4.69, 9.17) is 22.1 Å². The molecule has 0 unspecified atom stereocenters. The highest BCUT2D eigenvalue weighted by Gasteiger charge is 2.20. The van der Waals surface area contributed by atoms with E-state index in [1.165, 1.54) is 0 Å². The molecule has 1 heterocycles. The van der Waals surface area contributed by atoms with Crippen LogP contribution in [0.3, 0.4) is 0 Å². The number of nitrogens with zero attached hydrogens (tertiary/aromatic N) is 2. The minimum atomic E-state index is -0.524. The van der Waals surface area contributed by atoms with Crippen LogP contribution in [0.15, 0.2) is 54.6 Å². The number of para-hydroxylation sites is 1. The van der Waals surface area contributed by atoms with Gasteiger partial charge in [0, 0.05) is 32.3 Å². The molecule has 0 radical (unpaired) electrons. The first-order chi connectivity index (χ1) is 13.5. The van der Waals surface area contributed by atoms with Gasteiger partial charge in [0.15, 0.2) is 6.61 Å². The number of halogens is 1. The van der Waals surface area contributed by atoms with Gasteiger partial charge in [0.1, 0.15) is 5.75 Å². The first kappa shape index (κ1) is 19.8. The molecule has 0 saturated carbocycles. The fraction of sp³-hybridized carbons (Fsp3) is 0.238. The fourth-order valence-electron chi connectivity index (χ4n) is 2.98. The Labute approximate surface area is 169 Å². The zero-order valence-electron chi connectivity index (χ0n) is 15.4. The number of benzene rings is 2. The van der Waals surface area contributed by atoms with E-state index in [0.717, 1.165) is 29.4 Å². The molecular formula is C21H22ClN3O3. The van der Waals surface area contributed by atoms with Gasteiger partial charge in [-0.15, -0.1) is 0 Å². The zero-order chi connectivity index (χ0) is 19.9. The number of primary amides is 1. The number of hydrogen-bond acceptors (Lipinski definition) is 4. The van der Waals surface area contributed by atoms with E-state index < -0.39 is 5.91 Å². The highest BCUT2D eigenvalue weighted by Crippen LogP contribution is 2.26. The maximum atomic E-state index is 12.4. The van der Waals surface area contributed by atoms with Crippen LogP contribution in [-0.4, -0.2) is 49.5 Å². The Morgan fingerprint density at radius 1 is 1.04 bits per heavy atom. The van der Waals surface area contributed by atoms with E-state index in [0.29, 0.717) is 18.8 Å². The second-order valence-electron chi connectivity index (χ2n) is 6.42. The molecule has 0 aliphatic carbocycles. The predicted molar refractivity (Wildman–Crippen MR) is 110 cm³/mol. The maximum absolute atomic E-state index is 12.4. The van der Waals surface area contributed by atoms with Crippen LogP contribution in [-0.2, 0) is 9.59 Å². The van der Waals surface area contributed by atoms with Gasteiger partial charge in [0.25, 0.3) is 5.91 Å². The van der Waals surface area contributed by atoms with Crippen molar-refractivity contribution in [1.29, 1.82) is 0 Å². The molecule has 0 spiro atoms. The summed E-state index contributed by atoms with van der Waals surface area (Å²) in [4.78, 5) is 27.2. The Morgan fingerprint density at radius 2 is 1.71 bits per heavy atom. The maximum Gasteiger partial charge on any atom is 0.255 e. The van der Waals surface area contributed by atoms with Gasteiger partial charge in [0.05, 0.1) is 10.7 Å². The number of hydrogen-bond donors (Lipinski definition) is 1. The lowest BCUT2D eigenvalue weighted by Crippen LogP contribution is -2.48. The summed E-state index contributed by atoms with van der Waals surface area (Å²) >= 11 is 6.26. The monoisotopic (exact) mass is 399 g/mol. The molecule has 7 heteroatoms. The Hall–Kier alpha value is -2.99. The van der Waals surface area contributed by atoms with Crippen molar-refractivity contribution in [3.8, 4) is 5.75 Å². The van der Waals surface area contributed by atoms with Gasteiger partial charge in [-0.3, -0.25) is 9.59 Å². The van der Waals surface area contributed by atoms with Gasteiger partial charge in [-0.2, -0.15) is 0 Å². The molecule has 3 rings (SSSR count). The number of carbonyl (C=O) groups excluding carboxylic acids is 2. The normalized spacial score (nSPS) is 14.3. The molecule has 0 atom stereocenters. The molecule has 1 fully saturated rings. The lowest BCUT2D eigenvalue weighted by Gasteiger charge is -2.36. The van der Waals surface area contributed by atoms with Gasteiger partial charge in [-0.05, 0) is 35.9 Å². The molecule has 0 bridgehead atoms. The van der Waals surface area contributed by atoms with Crippen molar-refractivity contribution in [2.45, 2.75) is 0 Å². The molecule has 2 aromatic rings. The number of nitrogens with two attached hydrogens (primary N) is 1. The second-order valence-corrected chi connectivity index (χ2v) is 6.83. The number of amides is 2. The molecule has 2 aromatic carbocycles. The van der Waals surface area contributed by atoms with E-state index in [1.54, 1.807) is 24.3 Å². The summed E-state index contributed by atoms with van der Waals surface area (Å²) in [6, 6.07) is 14.8. The lowest BCUT2D eigenvalue weighted by molar-refractivity contribution is -0.126. The third-order valence-corrected chi connectivity index (χ3v) is 4.78. The lowest BCUT2D eigenvalue weighted by atomic mass is 10.2. The zero-order valence-corrected chi connectivity index (χ0v) is 16.1. The largest absolute Gasteiger partial charge is 0.484 e. The van der Waals surface area contributed by atoms with Crippen molar-refractivity contribution in [3.05, 3.63) is 65.2 Å². The molecule has 1 saturated heterocycles.